The summed E-state index contributed by atoms with van der Waals surface area (Å²) in [5.41, 5.74) is 0.497. The molecule has 106 valence electrons. The number of nitrogens with zero attached hydrogens (tertiary/aromatic N) is 1. The van der Waals surface area contributed by atoms with Gasteiger partial charge in [0, 0.05) is 18.7 Å². The highest BCUT2D eigenvalue weighted by molar-refractivity contribution is 7.90. The Bertz CT molecular complexity index is 509. The average Bonchev–Trinajstić information content (AvgIpc) is 2.35. The quantitative estimate of drug-likeness (QED) is 0.445. The van der Waals surface area contributed by atoms with Crippen molar-refractivity contribution in [3.05, 3.63) is 39.9 Å². The second-order valence-electron chi connectivity index (χ2n) is 4.30. The standard InChI is InChI=1S/C12H17NO5S/c14-8-2-1-3-9-19(17,18)10-11-4-6-12(7-5-11)13(15)16/h4-7,14H,1-3,8-10H2. The van der Waals surface area contributed by atoms with Gasteiger partial charge in [-0.2, -0.15) is 0 Å². The highest BCUT2D eigenvalue weighted by Gasteiger charge is 2.12. The molecule has 1 rings (SSSR count). The average molecular weight is 287 g/mol. The normalized spacial score (nSPS) is 11.4. The van der Waals surface area contributed by atoms with Crippen LogP contribution in [0, 0.1) is 10.1 Å². The minimum absolute atomic E-state index is 0.0518. The second kappa shape index (κ2) is 7.20. The fourth-order valence-electron chi connectivity index (χ4n) is 1.65. The van der Waals surface area contributed by atoms with Gasteiger partial charge in [-0.3, -0.25) is 10.1 Å². The van der Waals surface area contributed by atoms with Crippen molar-refractivity contribution in [2.45, 2.75) is 25.0 Å². The van der Waals surface area contributed by atoms with Crippen LogP contribution in [0.3, 0.4) is 0 Å². The second-order valence-corrected chi connectivity index (χ2v) is 6.48. The topological polar surface area (TPSA) is 97.5 Å². The summed E-state index contributed by atoms with van der Waals surface area (Å²) in [7, 11) is -3.20. The number of non-ortho nitro benzene ring substituents is 1. The summed E-state index contributed by atoms with van der Waals surface area (Å²) in [5.74, 6) is -0.0336. The van der Waals surface area contributed by atoms with Crippen LogP contribution in [0.1, 0.15) is 24.8 Å². The predicted molar refractivity (Wildman–Crippen MR) is 71.5 cm³/mol. The van der Waals surface area contributed by atoms with Gasteiger partial charge in [0.25, 0.3) is 5.69 Å². The molecule has 0 aliphatic heterocycles. The molecule has 0 saturated heterocycles. The van der Waals surface area contributed by atoms with E-state index in [9.17, 15) is 18.5 Å². The lowest BCUT2D eigenvalue weighted by molar-refractivity contribution is -0.384. The minimum Gasteiger partial charge on any atom is -0.396 e. The van der Waals surface area contributed by atoms with Crippen molar-refractivity contribution in [1.82, 2.24) is 0 Å². The van der Waals surface area contributed by atoms with E-state index in [0.717, 1.165) is 0 Å². The van der Waals surface area contributed by atoms with Gasteiger partial charge < -0.3 is 5.11 Å². The largest absolute Gasteiger partial charge is 0.396 e. The van der Waals surface area contributed by atoms with Crippen molar-refractivity contribution in [3.63, 3.8) is 0 Å². The SMILES string of the molecule is O=[N+]([O-])c1ccc(CS(=O)(=O)CCCCCO)cc1. The number of unbranched alkanes of at least 4 members (excludes halogenated alkanes) is 2. The Morgan fingerprint density at radius 3 is 2.26 bits per heavy atom. The molecule has 0 amide bonds. The molecule has 0 aliphatic carbocycles. The molecule has 0 fully saturated rings. The monoisotopic (exact) mass is 287 g/mol. The first kappa shape index (κ1) is 15.6. The Hall–Kier alpha value is -1.47. The van der Waals surface area contributed by atoms with Crippen molar-refractivity contribution in [1.29, 1.82) is 0 Å². The van der Waals surface area contributed by atoms with Crippen molar-refractivity contribution < 1.29 is 18.4 Å². The fraction of sp³-hybridized carbons (Fsp3) is 0.500. The molecule has 7 heteroatoms. The first-order valence-corrected chi connectivity index (χ1v) is 7.81. The zero-order valence-electron chi connectivity index (χ0n) is 10.5. The Morgan fingerprint density at radius 2 is 1.74 bits per heavy atom. The molecule has 0 heterocycles. The number of aliphatic hydroxyl groups excluding tert-OH is 1. The lowest BCUT2D eigenvalue weighted by Crippen LogP contribution is -2.09. The van der Waals surface area contributed by atoms with Gasteiger partial charge in [-0.15, -0.1) is 0 Å². The van der Waals surface area contributed by atoms with E-state index >= 15 is 0 Å². The van der Waals surface area contributed by atoms with Gasteiger partial charge in [0.1, 0.15) is 0 Å². The van der Waals surface area contributed by atoms with Gasteiger partial charge in [0.15, 0.2) is 9.84 Å². The molecule has 1 N–H and O–H groups in total. The maximum absolute atomic E-state index is 11.8. The van der Waals surface area contributed by atoms with E-state index < -0.39 is 14.8 Å². The summed E-state index contributed by atoms with van der Waals surface area (Å²) < 4.78 is 23.6. The number of rotatable bonds is 8. The third-order valence-electron chi connectivity index (χ3n) is 2.65. The van der Waals surface area contributed by atoms with E-state index in [1.54, 1.807) is 0 Å². The summed E-state index contributed by atoms with van der Waals surface area (Å²) in [4.78, 5) is 9.95. The molecular weight excluding hydrogens is 270 g/mol. The maximum Gasteiger partial charge on any atom is 0.269 e. The van der Waals surface area contributed by atoms with Crippen LogP contribution in [0.5, 0.6) is 0 Å². The smallest absolute Gasteiger partial charge is 0.269 e. The first-order valence-electron chi connectivity index (χ1n) is 5.99. The summed E-state index contributed by atoms with van der Waals surface area (Å²) in [6, 6.07) is 5.53. The van der Waals surface area contributed by atoms with E-state index in [1.807, 2.05) is 0 Å². The number of hydrogen-bond donors (Lipinski definition) is 1. The molecular formula is C12H17NO5S. The van der Waals surface area contributed by atoms with E-state index in [2.05, 4.69) is 0 Å². The zero-order chi connectivity index (χ0) is 14.3. The molecule has 1 aromatic rings. The maximum atomic E-state index is 11.8. The summed E-state index contributed by atoms with van der Waals surface area (Å²) in [6.07, 6.45) is 1.80. The lowest BCUT2D eigenvalue weighted by Gasteiger charge is -2.04. The van der Waals surface area contributed by atoms with Crippen LogP contribution in [-0.2, 0) is 15.6 Å². The molecule has 19 heavy (non-hydrogen) atoms. The zero-order valence-corrected chi connectivity index (χ0v) is 11.3. The van der Waals surface area contributed by atoms with Crippen molar-refractivity contribution in [3.8, 4) is 0 Å². The number of nitro benzene ring substituents is 1. The molecule has 0 bridgehead atoms. The lowest BCUT2D eigenvalue weighted by atomic mass is 10.2. The molecule has 6 nitrogen and oxygen atoms in total. The molecule has 0 aliphatic rings. The van der Waals surface area contributed by atoms with Crippen molar-refractivity contribution in [2.24, 2.45) is 0 Å². The Labute approximate surface area is 112 Å². The fourth-order valence-corrected chi connectivity index (χ4v) is 3.14. The number of sulfone groups is 1. The highest BCUT2D eigenvalue weighted by Crippen LogP contribution is 2.15. The summed E-state index contributed by atoms with van der Waals surface area (Å²) in [5, 5.41) is 19.1. The Morgan fingerprint density at radius 1 is 1.11 bits per heavy atom. The van der Waals surface area contributed by atoms with Gasteiger partial charge in [-0.1, -0.05) is 18.6 Å². The van der Waals surface area contributed by atoms with Crippen LogP contribution in [-0.4, -0.2) is 30.8 Å². The minimum atomic E-state index is -3.20. The third kappa shape index (κ3) is 5.80. The molecule has 1 aromatic carbocycles. The molecule has 0 aromatic heterocycles. The van der Waals surface area contributed by atoms with Crippen LogP contribution < -0.4 is 0 Å². The van der Waals surface area contributed by atoms with Crippen LogP contribution in [0.25, 0.3) is 0 Å². The van der Waals surface area contributed by atoms with Gasteiger partial charge >= 0.3 is 0 Å². The molecule has 0 unspecified atom stereocenters. The van der Waals surface area contributed by atoms with E-state index in [1.165, 1.54) is 24.3 Å². The third-order valence-corrected chi connectivity index (χ3v) is 4.33. The predicted octanol–water partition coefficient (Wildman–Crippen LogP) is 1.67. The van der Waals surface area contributed by atoms with Crippen LogP contribution >= 0.6 is 0 Å². The summed E-state index contributed by atoms with van der Waals surface area (Å²) >= 11 is 0. The Balaban J connectivity index is 2.55. The molecule has 0 spiro atoms. The molecule has 0 atom stereocenters. The summed E-state index contributed by atoms with van der Waals surface area (Å²) in [6.45, 7) is 0.0718. The van der Waals surface area contributed by atoms with Gasteiger partial charge in [-0.25, -0.2) is 8.42 Å². The van der Waals surface area contributed by atoms with Crippen LogP contribution in [0.4, 0.5) is 5.69 Å². The number of hydrogen-bond acceptors (Lipinski definition) is 5. The molecule has 0 radical (unpaired) electrons. The number of nitro groups is 1. The van der Waals surface area contributed by atoms with E-state index in [0.29, 0.717) is 24.8 Å². The Kier molecular flexibility index (Phi) is 5.91. The number of aliphatic hydroxyl groups is 1. The van der Waals surface area contributed by atoms with E-state index in [-0.39, 0.29) is 23.8 Å². The van der Waals surface area contributed by atoms with Crippen molar-refractivity contribution in [2.75, 3.05) is 12.4 Å². The highest BCUT2D eigenvalue weighted by atomic mass is 32.2. The van der Waals surface area contributed by atoms with Gasteiger partial charge in [0.05, 0.1) is 16.4 Å². The number of benzene rings is 1. The van der Waals surface area contributed by atoms with Crippen LogP contribution in [0.15, 0.2) is 24.3 Å². The van der Waals surface area contributed by atoms with Gasteiger partial charge in [0.2, 0.25) is 0 Å². The van der Waals surface area contributed by atoms with Crippen LogP contribution in [0.2, 0.25) is 0 Å². The van der Waals surface area contributed by atoms with E-state index in [4.69, 9.17) is 5.11 Å². The van der Waals surface area contributed by atoms with Gasteiger partial charge in [-0.05, 0) is 18.4 Å². The van der Waals surface area contributed by atoms with Crippen molar-refractivity contribution >= 4 is 15.5 Å². The first-order chi connectivity index (χ1) is 8.94. The molecule has 0 saturated carbocycles.